The van der Waals surface area contributed by atoms with Gasteiger partial charge in [-0.25, -0.2) is 0 Å². The van der Waals surface area contributed by atoms with Crippen LogP contribution >= 0.6 is 0 Å². The first-order chi connectivity index (χ1) is 6.95. The Morgan fingerprint density at radius 1 is 1.33 bits per heavy atom. The average Bonchev–Trinajstić information content (AvgIpc) is 2.17. The minimum absolute atomic E-state index is 0.576. The molecule has 0 aliphatic carbocycles. The molecule has 0 radical (unpaired) electrons. The van der Waals surface area contributed by atoms with E-state index >= 15 is 0 Å². The Kier molecular flexibility index (Phi) is 3.56. The van der Waals surface area contributed by atoms with Crippen molar-refractivity contribution in [1.29, 1.82) is 0 Å². The van der Waals surface area contributed by atoms with Crippen LogP contribution in [0.3, 0.4) is 0 Å². The highest BCUT2D eigenvalue weighted by molar-refractivity contribution is 5.63. The second kappa shape index (κ2) is 4.51. The first-order valence-electron chi connectivity index (χ1n) is 4.80. The summed E-state index contributed by atoms with van der Waals surface area (Å²) in [5, 5.41) is 0. The summed E-state index contributed by atoms with van der Waals surface area (Å²) in [6.07, 6.45) is -2.67. The van der Waals surface area contributed by atoms with Gasteiger partial charge in [-0.05, 0) is 29.7 Å². The fraction of sp³-hybridized carbons (Fsp3) is 0.333. The molecule has 0 saturated heterocycles. The minimum Gasteiger partial charge on any atom is -0.166 e. The summed E-state index contributed by atoms with van der Waals surface area (Å²) in [7, 11) is 0. The van der Waals surface area contributed by atoms with E-state index in [1.54, 1.807) is 6.07 Å². The van der Waals surface area contributed by atoms with Crippen LogP contribution in [-0.2, 0) is 6.18 Å². The normalized spacial score (nSPS) is 11.5. The van der Waals surface area contributed by atoms with Crippen molar-refractivity contribution in [2.45, 2.75) is 25.9 Å². The van der Waals surface area contributed by atoms with Gasteiger partial charge in [0.1, 0.15) is 0 Å². The van der Waals surface area contributed by atoms with Crippen molar-refractivity contribution in [3.8, 4) is 0 Å². The highest BCUT2D eigenvalue weighted by atomic mass is 19.4. The summed E-state index contributed by atoms with van der Waals surface area (Å²) >= 11 is 0. The van der Waals surface area contributed by atoms with Crippen LogP contribution in [0.5, 0.6) is 0 Å². The molecule has 1 aromatic rings. The molecule has 1 rings (SSSR count). The lowest BCUT2D eigenvalue weighted by atomic mass is 10.0. The first-order valence-corrected chi connectivity index (χ1v) is 4.80. The zero-order valence-electron chi connectivity index (χ0n) is 8.56. The Hall–Kier alpha value is -1.25. The molecule has 0 amide bonds. The van der Waals surface area contributed by atoms with Crippen LogP contribution in [0.25, 0.3) is 5.57 Å². The third-order valence-electron chi connectivity index (χ3n) is 2.15. The molecule has 0 atom stereocenters. The Bertz CT molecular complexity index is 350. The smallest absolute Gasteiger partial charge is 0.166 e. The van der Waals surface area contributed by atoms with Crippen molar-refractivity contribution in [3.63, 3.8) is 0 Å². The maximum Gasteiger partial charge on any atom is 0.416 e. The van der Waals surface area contributed by atoms with Crippen molar-refractivity contribution < 1.29 is 13.2 Å². The van der Waals surface area contributed by atoms with Gasteiger partial charge in [0.2, 0.25) is 0 Å². The number of benzene rings is 1. The number of alkyl halides is 3. The molecule has 3 heteroatoms. The predicted octanol–water partition coefficient (Wildman–Crippen LogP) is 4.52. The van der Waals surface area contributed by atoms with E-state index in [1.807, 2.05) is 6.92 Å². The van der Waals surface area contributed by atoms with Gasteiger partial charge in [-0.15, -0.1) is 0 Å². The number of hydrogen-bond acceptors (Lipinski definition) is 0. The van der Waals surface area contributed by atoms with Crippen LogP contribution in [0.1, 0.15) is 30.9 Å². The third kappa shape index (κ3) is 3.11. The Labute approximate surface area is 87.4 Å². The third-order valence-corrected chi connectivity index (χ3v) is 2.15. The van der Waals surface area contributed by atoms with Crippen LogP contribution in [0.2, 0.25) is 0 Å². The summed E-state index contributed by atoms with van der Waals surface area (Å²) in [6, 6.07) is 5.30. The quantitative estimate of drug-likeness (QED) is 0.694. The van der Waals surface area contributed by atoms with E-state index in [9.17, 15) is 13.2 Å². The van der Waals surface area contributed by atoms with Gasteiger partial charge in [-0.3, -0.25) is 0 Å². The molecule has 0 aliphatic rings. The van der Waals surface area contributed by atoms with Crippen LogP contribution in [0.4, 0.5) is 13.2 Å². The summed E-state index contributed by atoms with van der Waals surface area (Å²) in [4.78, 5) is 0. The monoisotopic (exact) mass is 214 g/mol. The van der Waals surface area contributed by atoms with E-state index in [0.717, 1.165) is 30.5 Å². The number of rotatable bonds is 3. The lowest BCUT2D eigenvalue weighted by molar-refractivity contribution is -0.137. The van der Waals surface area contributed by atoms with E-state index < -0.39 is 11.7 Å². The maximum absolute atomic E-state index is 12.4. The van der Waals surface area contributed by atoms with Gasteiger partial charge in [0.05, 0.1) is 5.56 Å². The average molecular weight is 214 g/mol. The Morgan fingerprint density at radius 2 is 2.00 bits per heavy atom. The van der Waals surface area contributed by atoms with Crippen molar-refractivity contribution in [3.05, 3.63) is 42.0 Å². The van der Waals surface area contributed by atoms with Crippen molar-refractivity contribution in [2.75, 3.05) is 0 Å². The second-order valence-electron chi connectivity index (χ2n) is 3.43. The molecule has 0 heterocycles. The van der Waals surface area contributed by atoms with E-state index in [4.69, 9.17) is 0 Å². The molecule has 0 nitrogen and oxygen atoms in total. The summed E-state index contributed by atoms with van der Waals surface area (Å²) < 4.78 is 37.2. The van der Waals surface area contributed by atoms with Crippen LogP contribution < -0.4 is 0 Å². The predicted molar refractivity (Wildman–Crippen MR) is 55.4 cm³/mol. The highest BCUT2D eigenvalue weighted by Gasteiger charge is 2.30. The molecule has 0 bridgehead atoms. The van der Waals surface area contributed by atoms with Gasteiger partial charge in [0, 0.05) is 0 Å². The van der Waals surface area contributed by atoms with E-state index in [0.29, 0.717) is 5.56 Å². The first kappa shape index (κ1) is 11.8. The second-order valence-corrected chi connectivity index (χ2v) is 3.43. The van der Waals surface area contributed by atoms with Gasteiger partial charge in [-0.2, -0.15) is 13.2 Å². The maximum atomic E-state index is 12.4. The molecular formula is C12H13F3. The fourth-order valence-corrected chi connectivity index (χ4v) is 1.36. The topological polar surface area (TPSA) is 0 Å². The van der Waals surface area contributed by atoms with Crippen molar-refractivity contribution in [2.24, 2.45) is 0 Å². The van der Waals surface area contributed by atoms with Crippen molar-refractivity contribution in [1.82, 2.24) is 0 Å². The molecule has 0 saturated carbocycles. The number of allylic oxidation sites excluding steroid dienone is 1. The van der Waals surface area contributed by atoms with Crippen LogP contribution in [-0.4, -0.2) is 0 Å². The zero-order valence-corrected chi connectivity index (χ0v) is 8.56. The lowest BCUT2D eigenvalue weighted by Crippen LogP contribution is -2.04. The molecule has 0 unspecified atom stereocenters. The van der Waals surface area contributed by atoms with E-state index in [2.05, 4.69) is 6.58 Å². The Balaban J connectivity index is 2.98. The van der Waals surface area contributed by atoms with E-state index in [-0.39, 0.29) is 0 Å². The van der Waals surface area contributed by atoms with Gasteiger partial charge in [-0.1, -0.05) is 32.1 Å². The highest BCUT2D eigenvalue weighted by Crippen LogP contribution is 2.31. The van der Waals surface area contributed by atoms with Crippen LogP contribution in [0, 0.1) is 0 Å². The molecule has 15 heavy (non-hydrogen) atoms. The van der Waals surface area contributed by atoms with Crippen molar-refractivity contribution >= 4 is 5.57 Å². The fourth-order valence-electron chi connectivity index (χ4n) is 1.36. The molecule has 0 spiro atoms. The zero-order chi connectivity index (χ0) is 11.5. The minimum atomic E-state index is -4.28. The standard InChI is InChI=1S/C12H13F3/c1-3-5-9(2)10-6-4-7-11(8-10)12(13,14)15/h4,6-8H,2-3,5H2,1H3. The summed E-state index contributed by atoms with van der Waals surface area (Å²) in [5.74, 6) is 0. The number of hydrogen-bond donors (Lipinski definition) is 0. The van der Waals surface area contributed by atoms with Crippen LogP contribution in [0.15, 0.2) is 30.8 Å². The summed E-state index contributed by atoms with van der Waals surface area (Å²) in [5.41, 5.74) is 0.715. The lowest BCUT2D eigenvalue weighted by Gasteiger charge is -2.09. The van der Waals surface area contributed by atoms with Gasteiger partial charge >= 0.3 is 6.18 Å². The number of halogens is 3. The molecule has 1 aromatic carbocycles. The molecule has 0 fully saturated rings. The largest absolute Gasteiger partial charge is 0.416 e. The molecule has 82 valence electrons. The Morgan fingerprint density at radius 3 is 2.53 bits per heavy atom. The molecule has 0 aromatic heterocycles. The van der Waals surface area contributed by atoms with Gasteiger partial charge in [0.25, 0.3) is 0 Å². The molecule has 0 N–H and O–H groups in total. The SMILES string of the molecule is C=C(CCC)c1cccc(C(F)(F)F)c1. The van der Waals surface area contributed by atoms with E-state index in [1.165, 1.54) is 6.07 Å². The molecule has 0 aliphatic heterocycles. The summed E-state index contributed by atoms with van der Waals surface area (Å²) in [6.45, 7) is 5.74. The van der Waals surface area contributed by atoms with Gasteiger partial charge in [0.15, 0.2) is 0 Å². The molecular weight excluding hydrogens is 201 g/mol. The van der Waals surface area contributed by atoms with Gasteiger partial charge < -0.3 is 0 Å².